The van der Waals surface area contributed by atoms with Crippen LogP contribution in [0.3, 0.4) is 0 Å². The van der Waals surface area contributed by atoms with Gasteiger partial charge in [0.25, 0.3) is 5.91 Å². The number of nitrogens with zero attached hydrogens (tertiary/aromatic N) is 1. The van der Waals surface area contributed by atoms with E-state index in [-0.39, 0.29) is 12.0 Å². The molecule has 0 aromatic heterocycles. The molecule has 2 aromatic rings. The largest absolute Gasteiger partial charge is 0.320 e. The highest BCUT2D eigenvalue weighted by Crippen LogP contribution is 2.32. The van der Waals surface area contributed by atoms with Crippen LogP contribution in [0.2, 0.25) is 0 Å². The number of halogens is 2. The van der Waals surface area contributed by atoms with Crippen LogP contribution in [0.1, 0.15) is 5.56 Å². The molecule has 0 saturated heterocycles. The van der Waals surface area contributed by atoms with Gasteiger partial charge in [-0.1, -0.05) is 6.07 Å². The van der Waals surface area contributed by atoms with Crippen molar-refractivity contribution in [3.05, 3.63) is 53.6 Å². The van der Waals surface area contributed by atoms with Crippen molar-refractivity contribution in [1.29, 1.82) is 0 Å². The Morgan fingerprint density at radius 1 is 1.19 bits per heavy atom. The van der Waals surface area contributed by atoms with Gasteiger partial charge in [0.05, 0.1) is 11.7 Å². The zero-order chi connectivity index (χ0) is 15.1. The summed E-state index contributed by atoms with van der Waals surface area (Å²) < 4.78 is 27.1. The van der Waals surface area contributed by atoms with E-state index < -0.39 is 23.6 Å². The van der Waals surface area contributed by atoms with Crippen molar-refractivity contribution in [3.63, 3.8) is 0 Å². The van der Waals surface area contributed by atoms with Crippen LogP contribution in [0, 0.1) is 11.6 Å². The lowest BCUT2D eigenvalue weighted by atomic mass is 9.94. The number of anilines is 1. The highest BCUT2D eigenvalue weighted by Gasteiger charge is 2.29. The van der Waals surface area contributed by atoms with E-state index in [4.69, 9.17) is 5.73 Å². The van der Waals surface area contributed by atoms with E-state index in [1.165, 1.54) is 12.1 Å². The molecule has 1 amide bonds. The van der Waals surface area contributed by atoms with Gasteiger partial charge in [-0.3, -0.25) is 10.0 Å². The molecular formula is C15H12F2N2O2. The van der Waals surface area contributed by atoms with Crippen LogP contribution < -0.4 is 10.8 Å². The minimum atomic E-state index is -0.852. The number of carbonyl (C=O) groups excluding carboxylic acids is 1. The van der Waals surface area contributed by atoms with Crippen LogP contribution >= 0.6 is 0 Å². The number of carbonyl (C=O) groups is 1. The second-order valence-electron chi connectivity index (χ2n) is 4.93. The average Bonchev–Trinajstić information content (AvgIpc) is 2.47. The first kappa shape index (κ1) is 13.7. The summed E-state index contributed by atoms with van der Waals surface area (Å²) >= 11 is 0. The van der Waals surface area contributed by atoms with Gasteiger partial charge in [-0.15, -0.1) is 0 Å². The Morgan fingerprint density at radius 2 is 1.95 bits per heavy atom. The topological polar surface area (TPSA) is 66.6 Å². The van der Waals surface area contributed by atoms with Gasteiger partial charge in [-0.05, 0) is 47.9 Å². The molecule has 108 valence electrons. The maximum absolute atomic E-state index is 13.8. The number of amides is 1. The van der Waals surface area contributed by atoms with Crippen molar-refractivity contribution in [2.75, 3.05) is 5.06 Å². The van der Waals surface area contributed by atoms with Crippen molar-refractivity contribution >= 4 is 11.6 Å². The monoisotopic (exact) mass is 290 g/mol. The first-order chi connectivity index (χ1) is 9.97. The van der Waals surface area contributed by atoms with Crippen molar-refractivity contribution in [2.45, 2.75) is 12.5 Å². The summed E-state index contributed by atoms with van der Waals surface area (Å²) in [5, 5.41) is 10.2. The Bertz CT molecular complexity index is 734. The molecule has 1 atom stereocenters. The minimum Gasteiger partial charge on any atom is -0.320 e. The molecule has 1 aliphatic rings. The normalized spacial score (nSPS) is 17.8. The van der Waals surface area contributed by atoms with E-state index in [0.29, 0.717) is 21.9 Å². The zero-order valence-corrected chi connectivity index (χ0v) is 10.9. The molecule has 6 heteroatoms. The Kier molecular flexibility index (Phi) is 3.19. The van der Waals surface area contributed by atoms with Gasteiger partial charge in [0.2, 0.25) is 0 Å². The molecule has 0 radical (unpaired) electrons. The second kappa shape index (κ2) is 4.91. The van der Waals surface area contributed by atoms with Crippen LogP contribution in [0.4, 0.5) is 14.5 Å². The summed E-state index contributed by atoms with van der Waals surface area (Å²) in [4.78, 5) is 11.6. The standard InChI is InChI=1S/C15H12F2N2O2/c16-10-2-3-12(17)11(7-10)8-1-4-14-9(5-8)6-13(18)15(20)19(14)21/h1-5,7,13,21H,6,18H2/t13-/m0/s1. The molecule has 2 aromatic carbocycles. The van der Waals surface area contributed by atoms with E-state index in [1.54, 1.807) is 6.07 Å². The highest BCUT2D eigenvalue weighted by atomic mass is 19.1. The summed E-state index contributed by atoms with van der Waals surface area (Å²) in [7, 11) is 0. The van der Waals surface area contributed by atoms with Crippen molar-refractivity contribution in [1.82, 2.24) is 0 Å². The SMILES string of the molecule is N[C@H]1Cc2cc(-c3cc(F)ccc3F)ccc2N(O)C1=O. The molecule has 1 aliphatic heterocycles. The molecule has 0 unspecified atom stereocenters. The van der Waals surface area contributed by atoms with E-state index in [2.05, 4.69) is 0 Å². The molecular weight excluding hydrogens is 278 g/mol. The fourth-order valence-corrected chi connectivity index (χ4v) is 2.44. The fourth-order valence-electron chi connectivity index (χ4n) is 2.44. The summed E-state index contributed by atoms with van der Waals surface area (Å²) in [5.41, 5.74) is 7.13. The van der Waals surface area contributed by atoms with E-state index in [9.17, 15) is 18.8 Å². The van der Waals surface area contributed by atoms with E-state index in [1.807, 2.05) is 0 Å². The average molecular weight is 290 g/mol. The zero-order valence-electron chi connectivity index (χ0n) is 10.9. The van der Waals surface area contributed by atoms with Crippen LogP contribution in [-0.4, -0.2) is 17.2 Å². The number of hydrogen-bond acceptors (Lipinski definition) is 3. The molecule has 0 spiro atoms. The molecule has 3 N–H and O–H groups in total. The number of hydroxylamine groups is 1. The first-order valence-corrected chi connectivity index (χ1v) is 6.34. The van der Waals surface area contributed by atoms with Crippen molar-refractivity contribution < 1.29 is 18.8 Å². The quantitative estimate of drug-likeness (QED) is 0.792. The number of benzene rings is 2. The van der Waals surface area contributed by atoms with Gasteiger partial charge in [-0.2, -0.15) is 5.06 Å². The molecule has 4 nitrogen and oxygen atoms in total. The number of hydrogen-bond donors (Lipinski definition) is 2. The maximum Gasteiger partial charge on any atom is 0.267 e. The van der Waals surface area contributed by atoms with Gasteiger partial charge in [0, 0.05) is 5.56 Å². The van der Waals surface area contributed by atoms with Gasteiger partial charge in [0.15, 0.2) is 0 Å². The Hall–Kier alpha value is -2.31. The van der Waals surface area contributed by atoms with Gasteiger partial charge < -0.3 is 5.73 Å². The number of fused-ring (bicyclic) bond motifs is 1. The van der Waals surface area contributed by atoms with Gasteiger partial charge >= 0.3 is 0 Å². The summed E-state index contributed by atoms with van der Waals surface area (Å²) in [5.74, 6) is -1.68. The number of nitrogens with two attached hydrogens (primary N) is 1. The lowest BCUT2D eigenvalue weighted by Gasteiger charge is -2.28. The van der Waals surface area contributed by atoms with Gasteiger partial charge in [0.1, 0.15) is 11.6 Å². The van der Waals surface area contributed by atoms with E-state index >= 15 is 0 Å². The van der Waals surface area contributed by atoms with Crippen LogP contribution in [0.5, 0.6) is 0 Å². The Balaban J connectivity index is 2.10. The third kappa shape index (κ3) is 2.28. The highest BCUT2D eigenvalue weighted by molar-refractivity contribution is 5.98. The molecule has 21 heavy (non-hydrogen) atoms. The second-order valence-corrected chi connectivity index (χ2v) is 4.93. The van der Waals surface area contributed by atoms with Crippen LogP contribution in [0.15, 0.2) is 36.4 Å². The van der Waals surface area contributed by atoms with E-state index in [0.717, 1.165) is 18.2 Å². The summed E-state index contributed by atoms with van der Waals surface area (Å²) in [6.07, 6.45) is 0.232. The van der Waals surface area contributed by atoms with Crippen molar-refractivity contribution in [2.24, 2.45) is 5.73 Å². The fraction of sp³-hybridized carbons (Fsp3) is 0.133. The van der Waals surface area contributed by atoms with Crippen LogP contribution in [0.25, 0.3) is 11.1 Å². The predicted molar refractivity (Wildman–Crippen MR) is 72.7 cm³/mol. The lowest BCUT2D eigenvalue weighted by Crippen LogP contribution is -2.47. The van der Waals surface area contributed by atoms with Crippen LogP contribution in [-0.2, 0) is 11.2 Å². The smallest absolute Gasteiger partial charge is 0.267 e. The molecule has 0 fully saturated rings. The summed E-state index contributed by atoms with van der Waals surface area (Å²) in [6.45, 7) is 0. The minimum absolute atomic E-state index is 0.118. The first-order valence-electron chi connectivity index (χ1n) is 6.34. The predicted octanol–water partition coefficient (Wildman–Crippen LogP) is 2.24. The number of rotatable bonds is 1. The Labute approximate surface area is 119 Å². The molecule has 0 saturated carbocycles. The Morgan fingerprint density at radius 3 is 2.71 bits per heavy atom. The lowest BCUT2D eigenvalue weighted by molar-refractivity contribution is -0.125. The molecule has 0 bridgehead atoms. The van der Waals surface area contributed by atoms with Crippen molar-refractivity contribution in [3.8, 4) is 11.1 Å². The third-order valence-electron chi connectivity index (χ3n) is 3.51. The molecule has 1 heterocycles. The maximum atomic E-state index is 13.8. The molecule has 3 rings (SSSR count). The third-order valence-corrected chi connectivity index (χ3v) is 3.51. The summed E-state index contributed by atoms with van der Waals surface area (Å²) in [6, 6.07) is 6.95. The molecule has 0 aliphatic carbocycles. The van der Waals surface area contributed by atoms with Gasteiger partial charge in [-0.25, -0.2) is 8.78 Å².